The second-order valence-electron chi connectivity index (χ2n) is 8.90. The Morgan fingerprint density at radius 1 is 0.872 bits per heavy atom. The molecular formula is C31H21N5S3. The molecule has 0 radical (unpaired) electrons. The Morgan fingerprint density at radius 3 is 2.15 bits per heavy atom. The van der Waals surface area contributed by atoms with Crippen LogP contribution in [0.25, 0.3) is 28.2 Å². The Kier molecular flexibility index (Phi) is 7.83. The number of hydrogen-bond acceptors (Lipinski definition) is 8. The molecule has 5 rings (SSSR count). The summed E-state index contributed by atoms with van der Waals surface area (Å²) in [7, 11) is 0. The van der Waals surface area contributed by atoms with Crippen LogP contribution in [0.5, 0.6) is 0 Å². The van der Waals surface area contributed by atoms with Crippen LogP contribution in [0.4, 0.5) is 5.69 Å². The zero-order valence-electron chi connectivity index (χ0n) is 21.0. The number of thioether (sulfide) groups is 1. The van der Waals surface area contributed by atoms with Gasteiger partial charge in [-0.3, -0.25) is 0 Å². The molecule has 3 aromatic rings. The molecule has 3 heterocycles. The molecule has 1 aromatic carbocycles. The third kappa shape index (κ3) is 5.46. The minimum absolute atomic E-state index is 0.100. The minimum Gasteiger partial charge on any atom is -0.363 e. The highest BCUT2D eigenvalue weighted by atomic mass is 32.2. The third-order valence-corrected chi connectivity index (χ3v) is 9.82. The number of benzene rings is 1. The second-order valence-corrected chi connectivity index (χ2v) is 12.3. The summed E-state index contributed by atoms with van der Waals surface area (Å²) >= 11 is 5.02. The first-order valence-corrected chi connectivity index (χ1v) is 14.8. The topological polar surface area (TPSA) is 98.4 Å². The number of nitriles is 4. The molecule has 8 heteroatoms. The molecule has 1 aliphatic heterocycles. The Balaban J connectivity index is 1.46. The predicted octanol–water partition coefficient (Wildman–Crippen LogP) is 8.05. The van der Waals surface area contributed by atoms with Gasteiger partial charge in [0.2, 0.25) is 0 Å². The van der Waals surface area contributed by atoms with Crippen LogP contribution in [0, 0.1) is 45.3 Å². The number of rotatable bonds is 6. The molecule has 1 aliphatic carbocycles. The van der Waals surface area contributed by atoms with E-state index in [1.807, 2.05) is 54.2 Å². The summed E-state index contributed by atoms with van der Waals surface area (Å²) in [5, 5.41) is 36.6. The molecule has 2 unspecified atom stereocenters. The molecule has 0 bridgehead atoms. The van der Waals surface area contributed by atoms with E-state index in [0.717, 1.165) is 43.6 Å². The minimum atomic E-state index is 0.100. The lowest BCUT2D eigenvalue weighted by molar-refractivity contribution is 0.669. The van der Waals surface area contributed by atoms with Crippen LogP contribution in [0.3, 0.4) is 0 Å². The first-order valence-electron chi connectivity index (χ1n) is 12.3. The van der Waals surface area contributed by atoms with Gasteiger partial charge in [0.15, 0.2) is 0 Å². The number of anilines is 1. The van der Waals surface area contributed by atoms with E-state index in [1.165, 1.54) is 10.6 Å². The largest absolute Gasteiger partial charge is 0.363 e. The smallest absolute Gasteiger partial charge is 0.131 e. The lowest BCUT2D eigenvalue weighted by Crippen LogP contribution is -2.44. The van der Waals surface area contributed by atoms with Crippen molar-refractivity contribution in [1.82, 2.24) is 0 Å². The molecule has 2 aromatic heterocycles. The zero-order chi connectivity index (χ0) is 27.4. The average Bonchev–Trinajstić information content (AvgIpc) is 3.64. The fourth-order valence-corrected chi connectivity index (χ4v) is 7.93. The van der Waals surface area contributed by atoms with Crippen LogP contribution in [0.2, 0.25) is 0 Å². The molecule has 188 valence electrons. The fourth-order valence-electron chi connectivity index (χ4n) is 4.64. The Morgan fingerprint density at radius 2 is 1.51 bits per heavy atom. The van der Waals surface area contributed by atoms with Crippen LogP contribution in [-0.4, -0.2) is 17.8 Å². The zero-order valence-corrected chi connectivity index (χ0v) is 23.4. The van der Waals surface area contributed by atoms with Crippen molar-refractivity contribution in [3.63, 3.8) is 0 Å². The van der Waals surface area contributed by atoms with Gasteiger partial charge in [0.1, 0.15) is 35.4 Å². The fraction of sp³-hybridized carbons (Fsp3) is 0.161. The number of nitrogens with zero attached hydrogens (tertiary/aromatic N) is 5. The van der Waals surface area contributed by atoms with Crippen molar-refractivity contribution in [2.45, 2.75) is 29.5 Å². The van der Waals surface area contributed by atoms with Crippen molar-refractivity contribution < 1.29 is 0 Å². The van der Waals surface area contributed by atoms with Crippen molar-refractivity contribution in [3.8, 4) is 34.7 Å². The van der Waals surface area contributed by atoms with Crippen molar-refractivity contribution in [2.24, 2.45) is 0 Å². The second kappa shape index (κ2) is 11.6. The molecule has 0 spiro atoms. The van der Waals surface area contributed by atoms with Gasteiger partial charge in [0.05, 0.1) is 17.0 Å². The molecule has 0 fully saturated rings. The lowest BCUT2D eigenvalue weighted by Gasteiger charge is -2.42. The number of thiophene rings is 2. The van der Waals surface area contributed by atoms with E-state index in [-0.39, 0.29) is 22.4 Å². The van der Waals surface area contributed by atoms with Crippen LogP contribution < -0.4 is 4.90 Å². The van der Waals surface area contributed by atoms with Gasteiger partial charge >= 0.3 is 0 Å². The normalized spacial score (nSPS) is 16.8. The molecule has 0 saturated heterocycles. The predicted molar refractivity (Wildman–Crippen MR) is 161 cm³/mol. The van der Waals surface area contributed by atoms with E-state index < -0.39 is 0 Å². The average molecular weight is 560 g/mol. The van der Waals surface area contributed by atoms with Crippen LogP contribution in [0.1, 0.15) is 28.0 Å². The summed E-state index contributed by atoms with van der Waals surface area (Å²) in [6.07, 6.45) is 11.1. The standard InChI is InChI=1S/C31H21N5S3/c1-2-11-36-26-7-3-22(28-9-5-24(37-28)12-20(16-32)17-33)14-30(26)39-31-15-23(4-8-27(31)36)29-10-6-25(38-29)13-21(18-34)19-35/h3-10,12-15,26,30H,2,11H2,1H3. The van der Waals surface area contributed by atoms with Crippen LogP contribution in [-0.2, 0) is 0 Å². The Hall–Kier alpha value is -4.31. The molecule has 0 amide bonds. The van der Waals surface area contributed by atoms with E-state index in [4.69, 9.17) is 21.0 Å². The van der Waals surface area contributed by atoms with Gasteiger partial charge in [-0.1, -0.05) is 31.2 Å². The number of fused-ring (bicyclic) bond motifs is 2. The Labute approximate surface area is 240 Å². The van der Waals surface area contributed by atoms with Gasteiger partial charge < -0.3 is 4.90 Å². The van der Waals surface area contributed by atoms with Gasteiger partial charge in [-0.15, -0.1) is 34.4 Å². The summed E-state index contributed by atoms with van der Waals surface area (Å²) < 4.78 is 0. The first-order chi connectivity index (χ1) is 19.1. The first kappa shape index (κ1) is 26.3. The van der Waals surface area contributed by atoms with Gasteiger partial charge in [0.25, 0.3) is 0 Å². The number of hydrogen-bond donors (Lipinski definition) is 0. The van der Waals surface area contributed by atoms with Crippen molar-refractivity contribution in [1.29, 1.82) is 21.0 Å². The summed E-state index contributed by atoms with van der Waals surface area (Å²) in [5.41, 5.74) is 3.72. The summed E-state index contributed by atoms with van der Waals surface area (Å²) in [6, 6.07) is 22.6. The lowest BCUT2D eigenvalue weighted by atomic mass is 9.98. The van der Waals surface area contributed by atoms with Gasteiger partial charge in [-0.25, -0.2) is 0 Å². The van der Waals surface area contributed by atoms with Crippen molar-refractivity contribution in [3.05, 3.63) is 86.5 Å². The van der Waals surface area contributed by atoms with E-state index in [0.29, 0.717) is 0 Å². The van der Waals surface area contributed by atoms with Crippen molar-refractivity contribution in [2.75, 3.05) is 11.4 Å². The van der Waals surface area contributed by atoms with E-state index >= 15 is 0 Å². The quantitative estimate of drug-likeness (QED) is 0.283. The maximum atomic E-state index is 9.08. The van der Waals surface area contributed by atoms with Gasteiger partial charge in [-0.2, -0.15) is 21.0 Å². The van der Waals surface area contributed by atoms with Crippen molar-refractivity contribution >= 4 is 57.8 Å². The highest BCUT2D eigenvalue weighted by Crippen LogP contribution is 2.47. The SMILES string of the molecule is CCCN1c2ccc(-c3ccc(C=C(C#N)C#N)s3)cc2SC2C=C(c3ccc(C=C(C#N)C#N)s3)C=CC21. The van der Waals surface area contributed by atoms with Gasteiger partial charge in [-0.05, 0) is 66.1 Å². The third-order valence-electron chi connectivity index (χ3n) is 6.39. The molecule has 39 heavy (non-hydrogen) atoms. The molecule has 0 saturated carbocycles. The molecule has 5 nitrogen and oxygen atoms in total. The van der Waals surface area contributed by atoms with Gasteiger partial charge in [0, 0.05) is 30.9 Å². The maximum absolute atomic E-state index is 9.08. The van der Waals surface area contributed by atoms with E-state index in [9.17, 15) is 0 Å². The molecule has 0 N–H and O–H groups in total. The van der Waals surface area contributed by atoms with E-state index in [2.05, 4.69) is 54.3 Å². The summed E-state index contributed by atoms with van der Waals surface area (Å²) in [4.78, 5) is 7.70. The van der Waals surface area contributed by atoms with Crippen LogP contribution in [0.15, 0.2) is 76.7 Å². The Bertz CT molecular complexity index is 1690. The highest BCUT2D eigenvalue weighted by Gasteiger charge is 2.34. The van der Waals surface area contributed by atoms with E-state index in [1.54, 1.807) is 34.8 Å². The summed E-state index contributed by atoms with van der Waals surface area (Å²) in [5.74, 6) is 0. The molecule has 2 aliphatic rings. The highest BCUT2D eigenvalue weighted by molar-refractivity contribution is 8.00. The monoisotopic (exact) mass is 559 g/mol. The number of allylic oxidation sites excluding steroid dienone is 4. The summed E-state index contributed by atoms with van der Waals surface area (Å²) in [6.45, 7) is 3.16. The molecular weight excluding hydrogens is 539 g/mol. The molecule has 2 atom stereocenters. The maximum Gasteiger partial charge on any atom is 0.131 e. The van der Waals surface area contributed by atoms with Crippen LogP contribution >= 0.6 is 34.4 Å².